The van der Waals surface area contributed by atoms with Gasteiger partial charge in [0.25, 0.3) is 5.91 Å². The number of carbonyl (C=O) groups excluding carboxylic acids is 1. The van der Waals surface area contributed by atoms with Crippen molar-refractivity contribution in [3.05, 3.63) is 66.3 Å². The molecule has 0 aliphatic heterocycles. The molecule has 0 radical (unpaired) electrons. The van der Waals surface area contributed by atoms with Gasteiger partial charge >= 0.3 is 0 Å². The van der Waals surface area contributed by atoms with Gasteiger partial charge in [0.15, 0.2) is 0 Å². The number of aromatic nitrogens is 3. The van der Waals surface area contributed by atoms with Gasteiger partial charge in [-0.25, -0.2) is 0 Å². The number of amides is 1. The van der Waals surface area contributed by atoms with Crippen LogP contribution >= 0.6 is 0 Å². The first-order chi connectivity index (χ1) is 10.8. The van der Waals surface area contributed by atoms with Crippen LogP contribution in [0.15, 0.2) is 59.3 Å². The van der Waals surface area contributed by atoms with Gasteiger partial charge in [0.05, 0.1) is 5.56 Å². The second-order valence-corrected chi connectivity index (χ2v) is 4.61. The zero-order chi connectivity index (χ0) is 15.2. The van der Waals surface area contributed by atoms with Crippen molar-refractivity contribution < 1.29 is 9.21 Å². The van der Waals surface area contributed by atoms with Gasteiger partial charge < -0.3 is 9.73 Å². The molecule has 2 heterocycles. The van der Waals surface area contributed by atoms with Crippen molar-refractivity contribution in [2.75, 3.05) is 6.54 Å². The third kappa shape index (κ3) is 3.35. The van der Waals surface area contributed by atoms with Gasteiger partial charge in [-0.15, -0.1) is 10.2 Å². The number of pyridine rings is 1. The highest BCUT2D eigenvalue weighted by atomic mass is 16.4. The van der Waals surface area contributed by atoms with Crippen molar-refractivity contribution in [2.24, 2.45) is 0 Å². The van der Waals surface area contributed by atoms with E-state index in [1.54, 1.807) is 18.3 Å². The van der Waals surface area contributed by atoms with Crippen molar-refractivity contribution in [1.29, 1.82) is 0 Å². The van der Waals surface area contributed by atoms with Gasteiger partial charge in [0, 0.05) is 30.9 Å². The van der Waals surface area contributed by atoms with Crippen LogP contribution in [0.1, 0.15) is 16.2 Å². The molecule has 1 aromatic carbocycles. The normalized spacial score (nSPS) is 10.4. The Balaban J connectivity index is 1.55. The first kappa shape index (κ1) is 13.9. The van der Waals surface area contributed by atoms with E-state index in [2.05, 4.69) is 20.5 Å². The van der Waals surface area contributed by atoms with E-state index < -0.39 is 0 Å². The number of nitrogens with one attached hydrogen (secondary N) is 1. The number of nitrogens with zero attached hydrogens (tertiary/aromatic N) is 3. The van der Waals surface area contributed by atoms with Crippen molar-refractivity contribution in [3.8, 4) is 11.5 Å². The van der Waals surface area contributed by atoms with E-state index >= 15 is 0 Å². The van der Waals surface area contributed by atoms with E-state index in [0.29, 0.717) is 30.3 Å². The average Bonchev–Trinajstić information content (AvgIpc) is 3.05. The summed E-state index contributed by atoms with van der Waals surface area (Å²) in [5, 5.41) is 10.8. The molecule has 1 N–H and O–H groups in total. The van der Waals surface area contributed by atoms with E-state index in [1.807, 2.05) is 30.3 Å². The molecule has 0 atom stereocenters. The number of benzene rings is 1. The standard InChI is InChI=1S/C16H14N4O2/c21-15(13-7-4-9-17-11-13)18-10-8-14-19-20-16(22-14)12-5-2-1-3-6-12/h1-7,9,11H,8,10H2,(H,18,21). The Hall–Kier alpha value is -3.02. The fourth-order valence-electron chi connectivity index (χ4n) is 1.93. The van der Waals surface area contributed by atoms with Crippen LogP contribution in [0.3, 0.4) is 0 Å². The summed E-state index contributed by atoms with van der Waals surface area (Å²) < 4.78 is 5.57. The third-order valence-electron chi connectivity index (χ3n) is 3.04. The average molecular weight is 294 g/mol. The lowest BCUT2D eigenvalue weighted by Crippen LogP contribution is -2.25. The van der Waals surface area contributed by atoms with E-state index in [0.717, 1.165) is 5.56 Å². The Bertz CT molecular complexity index is 741. The molecule has 0 spiro atoms. The number of hydrogen-bond acceptors (Lipinski definition) is 5. The van der Waals surface area contributed by atoms with Gasteiger partial charge in [-0.2, -0.15) is 0 Å². The SMILES string of the molecule is O=C(NCCc1nnc(-c2ccccc2)o1)c1cccnc1. The Labute approximate surface area is 127 Å². The monoisotopic (exact) mass is 294 g/mol. The number of rotatable bonds is 5. The van der Waals surface area contributed by atoms with E-state index in [9.17, 15) is 4.79 Å². The fourth-order valence-corrected chi connectivity index (χ4v) is 1.93. The molecule has 0 saturated heterocycles. The van der Waals surface area contributed by atoms with E-state index in [-0.39, 0.29) is 5.91 Å². The van der Waals surface area contributed by atoms with Gasteiger partial charge in [-0.1, -0.05) is 18.2 Å². The molecular formula is C16H14N4O2. The Morgan fingerprint density at radius 2 is 1.95 bits per heavy atom. The molecule has 3 aromatic rings. The number of hydrogen-bond donors (Lipinski definition) is 1. The zero-order valence-corrected chi connectivity index (χ0v) is 11.8. The predicted molar refractivity (Wildman–Crippen MR) is 80.0 cm³/mol. The highest BCUT2D eigenvalue weighted by molar-refractivity contribution is 5.93. The van der Waals surface area contributed by atoms with Crippen molar-refractivity contribution in [2.45, 2.75) is 6.42 Å². The minimum absolute atomic E-state index is 0.170. The summed E-state index contributed by atoms with van der Waals surface area (Å²) in [5.41, 5.74) is 1.40. The lowest BCUT2D eigenvalue weighted by atomic mass is 10.2. The molecule has 1 amide bonds. The second kappa shape index (κ2) is 6.62. The van der Waals surface area contributed by atoms with Crippen molar-refractivity contribution in [1.82, 2.24) is 20.5 Å². The Morgan fingerprint density at radius 1 is 1.09 bits per heavy atom. The zero-order valence-electron chi connectivity index (χ0n) is 11.8. The maximum atomic E-state index is 11.8. The first-order valence-electron chi connectivity index (χ1n) is 6.89. The minimum atomic E-state index is -0.170. The van der Waals surface area contributed by atoms with E-state index in [1.165, 1.54) is 6.20 Å². The summed E-state index contributed by atoms with van der Waals surface area (Å²) in [6.07, 6.45) is 3.63. The van der Waals surface area contributed by atoms with Crippen LogP contribution in [-0.4, -0.2) is 27.6 Å². The topological polar surface area (TPSA) is 80.9 Å². The van der Waals surface area contributed by atoms with Gasteiger partial charge in [-0.3, -0.25) is 9.78 Å². The molecule has 22 heavy (non-hydrogen) atoms. The van der Waals surface area contributed by atoms with Crippen LogP contribution in [0, 0.1) is 0 Å². The molecule has 0 fully saturated rings. The molecule has 6 nitrogen and oxygen atoms in total. The molecule has 2 aromatic heterocycles. The number of carbonyl (C=O) groups is 1. The second-order valence-electron chi connectivity index (χ2n) is 4.61. The molecule has 0 aliphatic rings. The van der Waals surface area contributed by atoms with Crippen LogP contribution in [-0.2, 0) is 6.42 Å². The Kier molecular flexibility index (Phi) is 4.20. The summed E-state index contributed by atoms with van der Waals surface area (Å²) in [4.78, 5) is 15.8. The van der Waals surface area contributed by atoms with Gasteiger partial charge in [-0.05, 0) is 24.3 Å². The molecule has 0 unspecified atom stereocenters. The smallest absolute Gasteiger partial charge is 0.252 e. The van der Waals surface area contributed by atoms with E-state index in [4.69, 9.17) is 4.42 Å². The maximum Gasteiger partial charge on any atom is 0.252 e. The molecular weight excluding hydrogens is 280 g/mol. The molecule has 110 valence electrons. The summed E-state index contributed by atoms with van der Waals surface area (Å²) in [7, 11) is 0. The summed E-state index contributed by atoms with van der Waals surface area (Å²) in [6.45, 7) is 0.421. The minimum Gasteiger partial charge on any atom is -0.421 e. The predicted octanol–water partition coefficient (Wildman–Crippen LogP) is 2.10. The molecule has 3 rings (SSSR count). The third-order valence-corrected chi connectivity index (χ3v) is 3.04. The highest BCUT2D eigenvalue weighted by Crippen LogP contribution is 2.16. The largest absolute Gasteiger partial charge is 0.421 e. The van der Waals surface area contributed by atoms with Gasteiger partial charge in [0.1, 0.15) is 0 Å². The summed E-state index contributed by atoms with van der Waals surface area (Å²) in [6, 6.07) is 13.0. The molecule has 6 heteroatoms. The van der Waals surface area contributed by atoms with Gasteiger partial charge in [0.2, 0.25) is 11.8 Å². The van der Waals surface area contributed by atoms with Crippen molar-refractivity contribution >= 4 is 5.91 Å². The highest BCUT2D eigenvalue weighted by Gasteiger charge is 2.09. The molecule has 0 saturated carbocycles. The van der Waals surface area contributed by atoms with Crippen LogP contribution in [0.2, 0.25) is 0 Å². The first-order valence-corrected chi connectivity index (χ1v) is 6.89. The van der Waals surface area contributed by atoms with Crippen LogP contribution in [0.4, 0.5) is 0 Å². The van der Waals surface area contributed by atoms with Crippen LogP contribution in [0.5, 0.6) is 0 Å². The quantitative estimate of drug-likeness (QED) is 0.779. The molecule has 0 bridgehead atoms. The lowest BCUT2D eigenvalue weighted by Gasteiger charge is -2.02. The summed E-state index contributed by atoms with van der Waals surface area (Å²) in [5.74, 6) is 0.801. The molecule has 0 aliphatic carbocycles. The summed E-state index contributed by atoms with van der Waals surface area (Å²) >= 11 is 0. The lowest BCUT2D eigenvalue weighted by molar-refractivity contribution is 0.0953. The Morgan fingerprint density at radius 3 is 2.73 bits per heavy atom. The van der Waals surface area contributed by atoms with Crippen LogP contribution < -0.4 is 5.32 Å². The fraction of sp³-hybridized carbons (Fsp3) is 0.125. The van der Waals surface area contributed by atoms with Crippen molar-refractivity contribution in [3.63, 3.8) is 0 Å². The maximum absolute atomic E-state index is 11.8. The van der Waals surface area contributed by atoms with Crippen LogP contribution in [0.25, 0.3) is 11.5 Å².